The zero-order valence-corrected chi connectivity index (χ0v) is 18.4. The zero-order valence-electron chi connectivity index (χ0n) is 18.4. The summed E-state index contributed by atoms with van der Waals surface area (Å²) < 4.78 is 10.6. The predicted octanol–water partition coefficient (Wildman–Crippen LogP) is 3.34. The van der Waals surface area contributed by atoms with Gasteiger partial charge in [-0.15, -0.1) is 0 Å². The number of carboxylic acid groups (broad SMARTS) is 1. The summed E-state index contributed by atoms with van der Waals surface area (Å²) in [4.78, 5) is 47.9. The largest absolute Gasteiger partial charge is 0.478 e. The fourth-order valence-corrected chi connectivity index (χ4v) is 2.47. The Balaban J connectivity index is 2.82. The van der Waals surface area contributed by atoms with Crippen molar-refractivity contribution in [1.82, 2.24) is 5.32 Å². The molecule has 0 aliphatic rings. The number of esters is 2. The van der Waals surface area contributed by atoms with Crippen molar-refractivity contribution in [1.29, 1.82) is 0 Å². The summed E-state index contributed by atoms with van der Waals surface area (Å²) in [6.45, 7) is 10.5. The molecular weight excluding hydrogens is 390 g/mol. The molecule has 0 fully saturated rings. The lowest BCUT2D eigenvalue weighted by atomic mass is 10.1. The monoisotopic (exact) mass is 421 g/mol. The molecule has 8 nitrogen and oxygen atoms in total. The molecular formula is C22H31NO7. The van der Waals surface area contributed by atoms with Gasteiger partial charge in [-0.05, 0) is 78.6 Å². The van der Waals surface area contributed by atoms with E-state index in [2.05, 4.69) is 5.32 Å². The smallest absolute Gasteiger partial charge is 0.335 e. The van der Waals surface area contributed by atoms with E-state index >= 15 is 0 Å². The second-order valence-corrected chi connectivity index (χ2v) is 8.92. The number of amides is 1. The zero-order chi connectivity index (χ0) is 23.1. The molecule has 0 saturated carbocycles. The lowest BCUT2D eigenvalue weighted by Crippen LogP contribution is -2.44. The second kappa shape index (κ2) is 10.2. The third-order valence-electron chi connectivity index (χ3n) is 3.68. The summed E-state index contributed by atoms with van der Waals surface area (Å²) >= 11 is 0. The number of ether oxygens (including phenoxy) is 2. The summed E-state index contributed by atoms with van der Waals surface area (Å²) in [6.07, 6.45) is 0.601. The SMILES string of the molecule is CC(C)(C)OC(=O)CCC[C@H](NC(=O)c1ccc(C(=O)O)cc1)C(=O)OC(C)(C)C. The summed E-state index contributed by atoms with van der Waals surface area (Å²) in [7, 11) is 0. The third kappa shape index (κ3) is 9.54. The summed E-state index contributed by atoms with van der Waals surface area (Å²) in [5.74, 6) is -2.64. The molecule has 166 valence electrons. The lowest BCUT2D eigenvalue weighted by Gasteiger charge is -2.25. The van der Waals surface area contributed by atoms with E-state index in [1.54, 1.807) is 41.5 Å². The summed E-state index contributed by atoms with van der Waals surface area (Å²) in [5.41, 5.74) is -1.08. The van der Waals surface area contributed by atoms with Crippen LogP contribution in [0.25, 0.3) is 0 Å². The number of aromatic carboxylic acids is 1. The fourth-order valence-electron chi connectivity index (χ4n) is 2.47. The first kappa shape index (κ1) is 25.1. The Morgan fingerprint density at radius 3 is 1.87 bits per heavy atom. The second-order valence-electron chi connectivity index (χ2n) is 8.92. The van der Waals surface area contributed by atoms with Crippen molar-refractivity contribution in [2.45, 2.75) is 78.0 Å². The van der Waals surface area contributed by atoms with Crippen LogP contribution in [-0.2, 0) is 19.1 Å². The average Bonchev–Trinajstić information content (AvgIpc) is 2.57. The Bertz CT molecular complexity index is 770. The molecule has 1 rings (SSSR count). The number of carbonyl (C=O) groups excluding carboxylic acids is 3. The Morgan fingerprint density at radius 2 is 1.40 bits per heavy atom. The topological polar surface area (TPSA) is 119 Å². The Labute approximate surface area is 176 Å². The fraction of sp³-hybridized carbons (Fsp3) is 0.545. The van der Waals surface area contributed by atoms with Crippen LogP contribution in [0.2, 0.25) is 0 Å². The van der Waals surface area contributed by atoms with E-state index in [-0.39, 0.29) is 29.9 Å². The van der Waals surface area contributed by atoms with E-state index in [4.69, 9.17) is 14.6 Å². The van der Waals surface area contributed by atoms with Crippen molar-refractivity contribution in [3.05, 3.63) is 35.4 Å². The quantitative estimate of drug-likeness (QED) is 0.618. The summed E-state index contributed by atoms with van der Waals surface area (Å²) in [6, 6.07) is 4.39. The molecule has 0 saturated heterocycles. The van der Waals surface area contributed by atoms with Crippen LogP contribution < -0.4 is 5.32 Å². The Hall–Kier alpha value is -2.90. The van der Waals surface area contributed by atoms with Crippen molar-refractivity contribution in [2.24, 2.45) is 0 Å². The maximum Gasteiger partial charge on any atom is 0.335 e. The molecule has 1 aromatic rings. The highest BCUT2D eigenvalue weighted by Gasteiger charge is 2.27. The molecule has 1 atom stereocenters. The first-order valence-corrected chi connectivity index (χ1v) is 9.77. The van der Waals surface area contributed by atoms with Crippen LogP contribution >= 0.6 is 0 Å². The number of rotatable bonds is 8. The Morgan fingerprint density at radius 1 is 0.900 bits per heavy atom. The first-order chi connectivity index (χ1) is 13.7. The van der Waals surface area contributed by atoms with Gasteiger partial charge in [0.2, 0.25) is 0 Å². The van der Waals surface area contributed by atoms with Crippen molar-refractivity contribution in [3.8, 4) is 0 Å². The average molecular weight is 421 g/mol. The van der Waals surface area contributed by atoms with Gasteiger partial charge in [0.25, 0.3) is 5.91 Å². The van der Waals surface area contributed by atoms with Crippen LogP contribution in [0.3, 0.4) is 0 Å². The van der Waals surface area contributed by atoms with E-state index in [1.165, 1.54) is 24.3 Å². The Kier molecular flexibility index (Phi) is 8.57. The standard InChI is InChI=1S/C22H31NO7/c1-21(2,3)29-17(24)9-7-8-16(20(28)30-22(4,5)6)23-18(25)14-10-12-15(13-11-14)19(26)27/h10-13,16H,7-9H2,1-6H3,(H,23,25)(H,26,27)/t16-/m0/s1. The minimum absolute atomic E-state index is 0.0487. The van der Waals surface area contributed by atoms with Gasteiger partial charge in [-0.1, -0.05) is 0 Å². The van der Waals surface area contributed by atoms with Gasteiger partial charge in [-0.2, -0.15) is 0 Å². The maximum absolute atomic E-state index is 12.5. The van der Waals surface area contributed by atoms with Gasteiger partial charge in [0.05, 0.1) is 5.56 Å². The number of nitrogens with one attached hydrogen (secondary N) is 1. The molecule has 0 radical (unpaired) electrons. The molecule has 2 N–H and O–H groups in total. The van der Waals surface area contributed by atoms with E-state index in [1.807, 2.05) is 0 Å². The summed E-state index contributed by atoms with van der Waals surface area (Å²) in [5, 5.41) is 11.6. The third-order valence-corrected chi connectivity index (χ3v) is 3.68. The van der Waals surface area contributed by atoms with Gasteiger partial charge in [0, 0.05) is 12.0 Å². The highest BCUT2D eigenvalue weighted by molar-refractivity contribution is 5.98. The molecule has 0 heterocycles. The van der Waals surface area contributed by atoms with Gasteiger partial charge >= 0.3 is 17.9 Å². The lowest BCUT2D eigenvalue weighted by molar-refractivity contribution is -0.159. The van der Waals surface area contributed by atoms with E-state index in [9.17, 15) is 19.2 Å². The molecule has 0 aliphatic heterocycles. The van der Waals surface area contributed by atoms with Crippen LogP contribution in [0.5, 0.6) is 0 Å². The van der Waals surface area contributed by atoms with Crippen LogP contribution in [-0.4, -0.2) is 46.2 Å². The highest BCUT2D eigenvalue weighted by atomic mass is 16.6. The number of carboxylic acids is 1. The molecule has 30 heavy (non-hydrogen) atoms. The van der Waals surface area contributed by atoms with Crippen molar-refractivity contribution in [3.63, 3.8) is 0 Å². The van der Waals surface area contributed by atoms with Gasteiger partial charge in [-0.3, -0.25) is 9.59 Å². The minimum Gasteiger partial charge on any atom is -0.478 e. The van der Waals surface area contributed by atoms with E-state index < -0.39 is 35.1 Å². The van der Waals surface area contributed by atoms with Gasteiger partial charge in [0.15, 0.2) is 0 Å². The van der Waals surface area contributed by atoms with Crippen LogP contribution in [0.1, 0.15) is 81.5 Å². The highest BCUT2D eigenvalue weighted by Crippen LogP contribution is 2.14. The molecule has 0 spiro atoms. The number of hydrogen-bond acceptors (Lipinski definition) is 6. The van der Waals surface area contributed by atoms with E-state index in [0.717, 1.165) is 0 Å². The van der Waals surface area contributed by atoms with Crippen LogP contribution in [0, 0.1) is 0 Å². The molecule has 0 aliphatic carbocycles. The van der Waals surface area contributed by atoms with Gasteiger partial charge < -0.3 is 19.9 Å². The number of benzene rings is 1. The minimum atomic E-state index is -1.10. The van der Waals surface area contributed by atoms with Crippen molar-refractivity contribution in [2.75, 3.05) is 0 Å². The maximum atomic E-state index is 12.5. The van der Waals surface area contributed by atoms with Gasteiger partial charge in [0.1, 0.15) is 17.2 Å². The number of carbonyl (C=O) groups is 4. The normalized spacial score (nSPS) is 12.6. The van der Waals surface area contributed by atoms with Crippen LogP contribution in [0.15, 0.2) is 24.3 Å². The molecule has 0 bridgehead atoms. The predicted molar refractivity (Wildman–Crippen MR) is 110 cm³/mol. The van der Waals surface area contributed by atoms with Crippen molar-refractivity contribution >= 4 is 23.8 Å². The molecule has 0 aromatic heterocycles. The molecule has 1 aromatic carbocycles. The first-order valence-electron chi connectivity index (χ1n) is 9.77. The molecule has 0 unspecified atom stereocenters. The molecule has 1 amide bonds. The molecule has 8 heteroatoms. The van der Waals surface area contributed by atoms with Crippen molar-refractivity contribution < 1.29 is 33.8 Å². The van der Waals surface area contributed by atoms with Crippen LogP contribution in [0.4, 0.5) is 0 Å². The van der Waals surface area contributed by atoms with E-state index in [0.29, 0.717) is 6.42 Å². The number of hydrogen-bond donors (Lipinski definition) is 2. The van der Waals surface area contributed by atoms with Gasteiger partial charge in [-0.25, -0.2) is 9.59 Å².